The third-order valence-corrected chi connectivity index (χ3v) is 3.94. The van der Waals surface area contributed by atoms with Crippen molar-refractivity contribution in [2.75, 3.05) is 0 Å². The number of hydrogen-bond donors (Lipinski definition) is 1. The molecule has 0 fully saturated rings. The Hall–Kier alpha value is -2.66. The Morgan fingerprint density at radius 2 is 1.91 bits per heavy atom. The molecule has 110 valence electrons. The van der Waals surface area contributed by atoms with E-state index in [1.807, 2.05) is 43.4 Å². The van der Waals surface area contributed by atoms with Gasteiger partial charge in [-0.2, -0.15) is 4.57 Å². The van der Waals surface area contributed by atoms with Crippen molar-refractivity contribution in [1.82, 2.24) is 4.98 Å². The molecule has 1 N–H and O–H groups in total. The van der Waals surface area contributed by atoms with Crippen molar-refractivity contribution in [2.24, 2.45) is 7.05 Å². The van der Waals surface area contributed by atoms with Crippen LogP contribution in [0.5, 0.6) is 0 Å². The summed E-state index contributed by atoms with van der Waals surface area (Å²) in [5.41, 5.74) is 3.65. The molecule has 0 aliphatic carbocycles. The molecule has 0 spiro atoms. The highest BCUT2D eigenvalue weighted by atomic mass is 35.5. The number of nitro benzene ring substituents is 1. The molecule has 4 rings (SSSR count). The molecule has 0 saturated carbocycles. The van der Waals surface area contributed by atoms with E-state index in [1.54, 1.807) is 6.07 Å². The van der Waals surface area contributed by atoms with Gasteiger partial charge in [-0.1, -0.05) is 18.2 Å². The van der Waals surface area contributed by atoms with Gasteiger partial charge in [0.15, 0.2) is 0 Å². The van der Waals surface area contributed by atoms with Crippen LogP contribution in [-0.4, -0.2) is 9.91 Å². The van der Waals surface area contributed by atoms with E-state index in [0.717, 1.165) is 27.3 Å². The number of aromatic nitrogens is 2. The van der Waals surface area contributed by atoms with Crippen LogP contribution in [0.1, 0.15) is 0 Å². The molecule has 0 unspecified atom stereocenters. The van der Waals surface area contributed by atoms with Gasteiger partial charge in [0.1, 0.15) is 18.1 Å². The zero-order valence-corrected chi connectivity index (χ0v) is 12.5. The second-order valence-electron chi connectivity index (χ2n) is 5.11. The zero-order chi connectivity index (χ0) is 14.6. The van der Waals surface area contributed by atoms with Gasteiger partial charge >= 0.3 is 0 Å². The van der Waals surface area contributed by atoms with Crippen LogP contribution in [-0.2, 0) is 7.05 Å². The fraction of sp³-hybridized carbons (Fsp3) is 0.0625. The van der Waals surface area contributed by atoms with Crippen molar-refractivity contribution >= 4 is 38.5 Å². The summed E-state index contributed by atoms with van der Waals surface area (Å²) in [5, 5.41) is 13.2. The molecule has 6 heteroatoms. The summed E-state index contributed by atoms with van der Waals surface area (Å²) < 4.78 is 2.08. The normalized spacial score (nSPS) is 11.0. The lowest BCUT2D eigenvalue weighted by molar-refractivity contribution is -0.616. The number of aryl methyl sites for hydroxylation is 1. The average Bonchev–Trinajstić information content (AvgIpc) is 2.85. The SMILES string of the molecule is C[n+]1c2ccccc2cc2[nH]c3c([N+](=O)[O-])cccc3c21.[Cl-]. The summed E-state index contributed by atoms with van der Waals surface area (Å²) in [6.07, 6.45) is 0. The van der Waals surface area contributed by atoms with Gasteiger partial charge in [-0.3, -0.25) is 10.1 Å². The lowest BCUT2D eigenvalue weighted by Crippen LogP contribution is -3.00. The molecule has 4 aromatic rings. The van der Waals surface area contributed by atoms with Crippen LogP contribution in [0.4, 0.5) is 5.69 Å². The monoisotopic (exact) mass is 313 g/mol. The summed E-state index contributed by atoms with van der Waals surface area (Å²) in [6.45, 7) is 0. The number of fused-ring (bicyclic) bond motifs is 4. The molecule has 0 amide bonds. The van der Waals surface area contributed by atoms with E-state index in [-0.39, 0.29) is 23.0 Å². The van der Waals surface area contributed by atoms with Gasteiger partial charge in [0.05, 0.1) is 10.3 Å². The minimum absolute atomic E-state index is 0. The highest BCUT2D eigenvalue weighted by molar-refractivity contribution is 6.08. The van der Waals surface area contributed by atoms with Gasteiger partial charge in [0.2, 0.25) is 11.0 Å². The van der Waals surface area contributed by atoms with E-state index in [0.29, 0.717) is 5.52 Å². The average molecular weight is 314 g/mol. The van der Waals surface area contributed by atoms with Crippen LogP contribution in [0.15, 0.2) is 48.5 Å². The molecule has 0 radical (unpaired) electrons. The first-order valence-electron chi connectivity index (χ1n) is 6.63. The molecule has 2 aromatic carbocycles. The summed E-state index contributed by atoms with van der Waals surface area (Å²) in [4.78, 5) is 14.0. The van der Waals surface area contributed by atoms with Crippen LogP contribution in [0.2, 0.25) is 0 Å². The number of halogens is 1. The van der Waals surface area contributed by atoms with E-state index in [4.69, 9.17) is 0 Å². The number of para-hydroxylation sites is 2. The Morgan fingerprint density at radius 1 is 1.14 bits per heavy atom. The predicted molar refractivity (Wildman–Crippen MR) is 81.1 cm³/mol. The molecule has 0 saturated heterocycles. The number of pyridine rings is 1. The van der Waals surface area contributed by atoms with Crippen LogP contribution < -0.4 is 17.0 Å². The summed E-state index contributed by atoms with van der Waals surface area (Å²) in [5.74, 6) is 0. The maximum atomic E-state index is 11.2. The Bertz CT molecular complexity index is 1040. The van der Waals surface area contributed by atoms with Crippen molar-refractivity contribution < 1.29 is 21.9 Å². The maximum absolute atomic E-state index is 11.2. The lowest BCUT2D eigenvalue weighted by Gasteiger charge is -1.98. The number of nitrogens with zero attached hydrogens (tertiary/aromatic N) is 2. The van der Waals surface area contributed by atoms with Crippen LogP contribution in [0.3, 0.4) is 0 Å². The van der Waals surface area contributed by atoms with Crippen molar-refractivity contribution in [3.05, 3.63) is 58.6 Å². The van der Waals surface area contributed by atoms with Gasteiger partial charge in [0.25, 0.3) is 5.69 Å². The van der Waals surface area contributed by atoms with Crippen molar-refractivity contribution in [1.29, 1.82) is 0 Å². The van der Waals surface area contributed by atoms with Crippen molar-refractivity contribution in [2.45, 2.75) is 0 Å². The maximum Gasteiger partial charge on any atom is 0.293 e. The molecule has 2 heterocycles. The van der Waals surface area contributed by atoms with Crippen molar-refractivity contribution in [3.63, 3.8) is 0 Å². The van der Waals surface area contributed by atoms with E-state index in [9.17, 15) is 10.1 Å². The molecule has 0 aliphatic rings. The Morgan fingerprint density at radius 3 is 2.68 bits per heavy atom. The number of hydrogen-bond acceptors (Lipinski definition) is 2. The minimum Gasteiger partial charge on any atom is -1.00 e. The molecule has 2 aromatic heterocycles. The van der Waals surface area contributed by atoms with E-state index in [2.05, 4.69) is 9.55 Å². The molecule has 0 bridgehead atoms. The van der Waals surface area contributed by atoms with E-state index >= 15 is 0 Å². The van der Waals surface area contributed by atoms with Gasteiger partial charge in [-0.15, -0.1) is 0 Å². The van der Waals surface area contributed by atoms with Gasteiger partial charge in [0, 0.05) is 17.5 Å². The minimum atomic E-state index is -0.350. The molecule has 5 nitrogen and oxygen atoms in total. The predicted octanol–water partition coefficient (Wildman–Crippen LogP) is 0.211. The summed E-state index contributed by atoms with van der Waals surface area (Å²) >= 11 is 0. The molecular formula is C16H12ClN3O2. The zero-order valence-electron chi connectivity index (χ0n) is 11.7. The van der Waals surface area contributed by atoms with Crippen molar-refractivity contribution in [3.8, 4) is 0 Å². The number of rotatable bonds is 1. The molecule has 22 heavy (non-hydrogen) atoms. The van der Waals surface area contributed by atoms with Crippen LogP contribution >= 0.6 is 0 Å². The second kappa shape index (κ2) is 4.96. The molecule has 0 atom stereocenters. The lowest BCUT2D eigenvalue weighted by atomic mass is 10.1. The Labute approximate surface area is 131 Å². The van der Waals surface area contributed by atoms with Crippen LogP contribution in [0, 0.1) is 10.1 Å². The second-order valence-corrected chi connectivity index (χ2v) is 5.11. The smallest absolute Gasteiger partial charge is 0.293 e. The largest absolute Gasteiger partial charge is 1.00 e. The Balaban J connectivity index is 0.00000144. The first kappa shape index (κ1) is 14.3. The number of benzene rings is 2. The fourth-order valence-corrected chi connectivity index (χ4v) is 3.02. The first-order chi connectivity index (χ1) is 10.2. The summed E-state index contributed by atoms with van der Waals surface area (Å²) in [6, 6.07) is 15.3. The van der Waals surface area contributed by atoms with E-state index in [1.165, 1.54) is 6.07 Å². The number of nitro groups is 1. The molecular weight excluding hydrogens is 302 g/mol. The van der Waals surface area contributed by atoms with Gasteiger partial charge < -0.3 is 17.4 Å². The topological polar surface area (TPSA) is 62.8 Å². The van der Waals surface area contributed by atoms with Gasteiger partial charge in [-0.25, -0.2) is 0 Å². The Kier molecular flexibility index (Phi) is 3.22. The fourth-order valence-electron chi connectivity index (χ4n) is 3.02. The van der Waals surface area contributed by atoms with Gasteiger partial charge in [-0.05, 0) is 18.2 Å². The standard InChI is InChI=1S/C16H11N3O2.ClH/c1-18-13-7-3-2-5-10(13)9-12-16(18)11-6-4-8-14(19(20)21)15(11)17-12;/h2-9H,1H3;1H. The number of nitrogens with one attached hydrogen (secondary N) is 1. The molecule has 0 aliphatic heterocycles. The third kappa shape index (κ3) is 1.83. The van der Waals surface area contributed by atoms with Crippen LogP contribution in [0.25, 0.3) is 32.8 Å². The number of H-pyrrole nitrogens is 1. The first-order valence-corrected chi connectivity index (χ1v) is 6.63. The third-order valence-electron chi connectivity index (χ3n) is 3.94. The summed E-state index contributed by atoms with van der Waals surface area (Å²) in [7, 11) is 1.98. The van der Waals surface area contributed by atoms with E-state index < -0.39 is 0 Å². The number of aromatic amines is 1. The highest BCUT2D eigenvalue weighted by Crippen LogP contribution is 2.30. The number of non-ortho nitro benzene ring substituents is 1. The highest BCUT2D eigenvalue weighted by Gasteiger charge is 2.22. The quantitative estimate of drug-likeness (QED) is 0.310.